The van der Waals surface area contributed by atoms with Gasteiger partial charge in [0.25, 0.3) is 11.8 Å². The van der Waals surface area contributed by atoms with Crippen molar-refractivity contribution >= 4 is 33.8 Å². The van der Waals surface area contributed by atoms with Gasteiger partial charge in [-0.3, -0.25) is 14.5 Å². The van der Waals surface area contributed by atoms with E-state index in [9.17, 15) is 14.4 Å². The highest BCUT2D eigenvalue weighted by Crippen LogP contribution is 2.26. The maximum atomic E-state index is 12.5. The first-order valence-corrected chi connectivity index (χ1v) is 11.5. The average molecular weight is 484 g/mol. The summed E-state index contributed by atoms with van der Waals surface area (Å²) >= 11 is 3.34. The van der Waals surface area contributed by atoms with Crippen LogP contribution in [0.5, 0.6) is 0 Å². The van der Waals surface area contributed by atoms with Gasteiger partial charge >= 0.3 is 6.03 Å². The van der Waals surface area contributed by atoms with E-state index in [0.29, 0.717) is 36.6 Å². The SMILES string of the molecule is O=C(NCCCN1C(=O)c2ccc(Br)cc2C1=O)N1CCC(Cc2ccccc2)CC1. The molecule has 2 aliphatic heterocycles. The number of fused-ring (bicyclic) bond motifs is 1. The Hall–Kier alpha value is -2.67. The normalized spacial score (nSPS) is 16.5. The molecular formula is C24H26BrN3O3. The van der Waals surface area contributed by atoms with Gasteiger partial charge in [0.2, 0.25) is 0 Å². The molecule has 1 saturated heterocycles. The summed E-state index contributed by atoms with van der Waals surface area (Å²) in [5.41, 5.74) is 2.23. The number of halogens is 1. The number of carbonyl (C=O) groups excluding carboxylic acids is 3. The number of imide groups is 1. The van der Waals surface area contributed by atoms with E-state index in [1.807, 2.05) is 11.0 Å². The second-order valence-corrected chi connectivity index (χ2v) is 9.07. The monoisotopic (exact) mass is 483 g/mol. The third-order valence-electron chi connectivity index (χ3n) is 6.04. The molecule has 2 aromatic carbocycles. The summed E-state index contributed by atoms with van der Waals surface area (Å²) in [7, 11) is 0. The first kappa shape index (κ1) is 21.6. The lowest BCUT2D eigenvalue weighted by atomic mass is 9.90. The molecular weight excluding hydrogens is 458 g/mol. The maximum Gasteiger partial charge on any atom is 0.317 e. The van der Waals surface area contributed by atoms with Gasteiger partial charge in [-0.15, -0.1) is 0 Å². The lowest BCUT2D eigenvalue weighted by Crippen LogP contribution is -2.45. The zero-order valence-electron chi connectivity index (χ0n) is 17.4. The standard InChI is InChI=1S/C24H26BrN3O3/c25-19-7-8-20-21(16-19)23(30)28(22(20)29)12-4-11-26-24(31)27-13-9-18(10-14-27)15-17-5-2-1-3-6-17/h1-3,5-8,16,18H,4,9-15H2,(H,26,31). The predicted molar refractivity (Wildman–Crippen MR) is 122 cm³/mol. The van der Waals surface area contributed by atoms with Gasteiger partial charge in [-0.2, -0.15) is 0 Å². The van der Waals surface area contributed by atoms with Crippen LogP contribution in [0.25, 0.3) is 0 Å². The largest absolute Gasteiger partial charge is 0.338 e. The number of hydrogen-bond acceptors (Lipinski definition) is 3. The molecule has 162 valence electrons. The molecule has 31 heavy (non-hydrogen) atoms. The molecule has 0 radical (unpaired) electrons. The summed E-state index contributed by atoms with van der Waals surface area (Å²) in [6.07, 6.45) is 3.61. The smallest absolute Gasteiger partial charge is 0.317 e. The fourth-order valence-corrected chi connectivity index (χ4v) is 4.66. The maximum absolute atomic E-state index is 12.5. The number of likely N-dealkylation sites (tertiary alicyclic amines) is 1. The van der Waals surface area contributed by atoms with Gasteiger partial charge in [0.05, 0.1) is 11.1 Å². The van der Waals surface area contributed by atoms with E-state index in [-0.39, 0.29) is 17.8 Å². The van der Waals surface area contributed by atoms with Crippen molar-refractivity contribution in [3.63, 3.8) is 0 Å². The van der Waals surface area contributed by atoms with Crippen LogP contribution in [0.15, 0.2) is 53.0 Å². The van der Waals surface area contributed by atoms with Crippen LogP contribution < -0.4 is 5.32 Å². The van der Waals surface area contributed by atoms with E-state index in [4.69, 9.17) is 0 Å². The van der Waals surface area contributed by atoms with Gasteiger partial charge in [-0.05, 0) is 55.4 Å². The number of amides is 4. The summed E-state index contributed by atoms with van der Waals surface area (Å²) in [6.45, 7) is 2.25. The molecule has 0 bridgehead atoms. The zero-order chi connectivity index (χ0) is 21.8. The third-order valence-corrected chi connectivity index (χ3v) is 6.53. The lowest BCUT2D eigenvalue weighted by molar-refractivity contribution is 0.0653. The number of rotatable bonds is 6. The minimum Gasteiger partial charge on any atom is -0.338 e. The summed E-state index contributed by atoms with van der Waals surface area (Å²) in [5, 5.41) is 2.93. The highest BCUT2D eigenvalue weighted by Gasteiger charge is 2.35. The van der Waals surface area contributed by atoms with Crippen molar-refractivity contribution in [1.82, 2.24) is 15.1 Å². The van der Waals surface area contributed by atoms with Crippen LogP contribution in [0, 0.1) is 5.92 Å². The molecule has 0 saturated carbocycles. The molecule has 2 aromatic rings. The predicted octanol–water partition coefficient (Wildman–Crippen LogP) is 4.10. The van der Waals surface area contributed by atoms with E-state index in [1.54, 1.807) is 18.2 Å². The summed E-state index contributed by atoms with van der Waals surface area (Å²) < 4.78 is 0.772. The van der Waals surface area contributed by atoms with Gasteiger partial charge in [-0.1, -0.05) is 46.3 Å². The Labute approximate surface area is 190 Å². The molecule has 1 fully saturated rings. The molecule has 4 amide bonds. The Bertz CT molecular complexity index is 971. The van der Waals surface area contributed by atoms with Gasteiger partial charge in [0.1, 0.15) is 0 Å². The van der Waals surface area contributed by atoms with E-state index in [1.165, 1.54) is 10.5 Å². The molecule has 4 rings (SSSR count). The number of piperidine rings is 1. The summed E-state index contributed by atoms with van der Waals surface area (Å²) in [4.78, 5) is 40.5. The van der Waals surface area contributed by atoms with Gasteiger partial charge in [0.15, 0.2) is 0 Å². The van der Waals surface area contributed by atoms with Gasteiger partial charge < -0.3 is 10.2 Å². The van der Waals surface area contributed by atoms with Crippen molar-refractivity contribution < 1.29 is 14.4 Å². The van der Waals surface area contributed by atoms with Gasteiger partial charge in [0, 0.05) is 30.7 Å². The van der Waals surface area contributed by atoms with E-state index in [2.05, 4.69) is 45.5 Å². The van der Waals surface area contributed by atoms with Crippen molar-refractivity contribution in [2.75, 3.05) is 26.2 Å². The number of carbonyl (C=O) groups is 3. The van der Waals surface area contributed by atoms with Crippen molar-refractivity contribution in [1.29, 1.82) is 0 Å². The zero-order valence-corrected chi connectivity index (χ0v) is 18.9. The van der Waals surface area contributed by atoms with E-state index >= 15 is 0 Å². The summed E-state index contributed by atoms with van der Waals surface area (Å²) in [5.74, 6) is 0.0766. The first-order valence-electron chi connectivity index (χ1n) is 10.8. The second-order valence-electron chi connectivity index (χ2n) is 8.16. The number of nitrogens with zero attached hydrogens (tertiary/aromatic N) is 2. The molecule has 6 nitrogen and oxygen atoms in total. The fraction of sp³-hybridized carbons (Fsp3) is 0.375. The molecule has 1 N–H and O–H groups in total. The third kappa shape index (κ3) is 4.98. The number of urea groups is 1. The molecule has 2 heterocycles. The summed E-state index contributed by atoms with van der Waals surface area (Å²) in [6, 6.07) is 15.5. The van der Waals surface area contributed by atoms with Crippen LogP contribution in [-0.4, -0.2) is 53.8 Å². The fourth-order valence-electron chi connectivity index (χ4n) is 4.30. The van der Waals surface area contributed by atoms with Crippen molar-refractivity contribution in [3.05, 3.63) is 69.7 Å². The molecule has 0 aromatic heterocycles. The Morgan fingerprint density at radius 1 is 1.00 bits per heavy atom. The Morgan fingerprint density at radius 3 is 2.45 bits per heavy atom. The topological polar surface area (TPSA) is 69.7 Å². The minimum atomic E-state index is -0.270. The second kappa shape index (κ2) is 9.64. The van der Waals surface area contributed by atoms with Crippen LogP contribution >= 0.6 is 15.9 Å². The van der Waals surface area contributed by atoms with Gasteiger partial charge in [-0.25, -0.2) is 4.79 Å². The highest BCUT2D eigenvalue weighted by atomic mass is 79.9. The van der Waals surface area contributed by atoms with Crippen LogP contribution in [0.4, 0.5) is 4.79 Å². The molecule has 2 aliphatic rings. The minimum absolute atomic E-state index is 0.0653. The highest BCUT2D eigenvalue weighted by molar-refractivity contribution is 9.10. The lowest BCUT2D eigenvalue weighted by Gasteiger charge is -2.32. The number of hydrogen-bond donors (Lipinski definition) is 1. The Morgan fingerprint density at radius 2 is 1.71 bits per heavy atom. The average Bonchev–Trinajstić information content (AvgIpc) is 3.01. The molecule has 0 spiro atoms. The van der Waals surface area contributed by atoms with Crippen molar-refractivity contribution in [3.8, 4) is 0 Å². The van der Waals surface area contributed by atoms with Crippen LogP contribution in [0.2, 0.25) is 0 Å². The van der Waals surface area contributed by atoms with Crippen LogP contribution in [-0.2, 0) is 6.42 Å². The Kier molecular flexibility index (Phi) is 6.70. The first-order chi connectivity index (χ1) is 15.0. The molecule has 0 aliphatic carbocycles. The van der Waals surface area contributed by atoms with E-state index < -0.39 is 0 Å². The number of nitrogens with one attached hydrogen (secondary N) is 1. The molecule has 0 unspecified atom stereocenters. The molecule has 0 atom stereocenters. The quantitative estimate of drug-likeness (QED) is 0.496. The Balaban J connectivity index is 1.18. The van der Waals surface area contributed by atoms with Crippen LogP contribution in [0.3, 0.4) is 0 Å². The molecule has 7 heteroatoms. The van der Waals surface area contributed by atoms with E-state index in [0.717, 1.165) is 36.8 Å². The van der Waals surface area contributed by atoms with Crippen LogP contribution in [0.1, 0.15) is 45.5 Å². The number of benzene rings is 2. The van der Waals surface area contributed by atoms with Crippen molar-refractivity contribution in [2.45, 2.75) is 25.7 Å². The van der Waals surface area contributed by atoms with Crippen molar-refractivity contribution in [2.24, 2.45) is 5.92 Å².